The van der Waals surface area contributed by atoms with Crippen LogP contribution in [0.5, 0.6) is 0 Å². The van der Waals surface area contributed by atoms with Gasteiger partial charge in [0.1, 0.15) is 0 Å². The molecule has 0 aliphatic heterocycles. The van der Waals surface area contributed by atoms with Crippen LogP contribution in [0.1, 0.15) is 57.9 Å². The van der Waals surface area contributed by atoms with Crippen molar-refractivity contribution in [1.82, 2.24) is 19.7 Å². The summed E-state index contributed by atoms with van der Waals surface area (Å²) in [6.07, 6.45) is 8.85. The number of nitrogens with zero attached hydrogens (tertiary/aromatic N) is 4. The number of hydrogen-bond acceptors (Lipinski definition) is 4. The van der Waals surface area contributed by atoms with Crippen molar-refractivity contribution >= 4 is 11.8 Å². The summed E-state index contributed by atoms with van der Waals surface area (Å²) in [7, 11) is 2.14. The lowest BCUT2D eigenvalue weighted by molar-refractivity contribution is 0.339. The van der Waals surface area contributed by atoms with Crippen LogP contribution in [0.2, 0.25) is 0 Å². The van der Waals surface area contributed by atoms with Crippen molar-refractivity contribution in [2.24, 2.45) is 0 Å². The van der Waals surface area contributed by atoms with Crippen molar-refractivity contribution in [3.05, 3.63) is 30.3 Å². The Morgan fingerprint density at radius 2 is 1.89 bits per heavy atom. The molecule has 5 heteroatoms. The fourth-order valence-corrected chi connectivity index (χ4v) is 4.45. The standard InChI is InChI=1S/C23H32N4S/c1-3-4-17-26(2)18-11-12-19-28-23-25-24-22(20-13-7-5-8-14-20)27(23)21-15-9-6-10-16-21/h5,7-8,13-14,21H,3-4,6,9-10,15-19H2,1-2H3. The van der Waals surface area contributed by atoms with Crippen molar-refractivity contribution in [1.29, 1.82) is 0 Å². The molecule has 1 saturated carbocycles. The van der Waals surface area contributed by atoms with E-state index in [0.29, 0.717) is 6.04 Å². The molecule has 0 N–H and O–H groups in total. The van der Waals surface area contributed by atoms with Gasteiger partial charge in [-0.15, -0.1) is 10.2 Å². The Morgan fingerprint density at radius 1 is 1.11 bits per heavy atom. The van der Waals surface area contributed by atoms with E-state index in [1.165, 1.54) is 44.9 Å². The molecule has 0 spiro atoms. The molecule has 0 saturated heterocycles. The van der Waals surface area contributed by atoms with Crippen LogP contribution in [-0.4, -0.2) is 45.6 Å². The Kier molecular flexibility index (Phi) is 8.44. The summed E-state index contributed by atoms with van der Waals surface area (Å²) in [5.74, 6) is 8.38. The van der Waals surface area contributed by atoms with Crippen LogP contribution >= 0.6 is 11.8 Å². The van der Waals surface area contributed by atoms with E-state index in [9.17, 15) is 0 Å². The molecule has 2 aromatic rings. The van der Waals surface area contributed by atoms with Crippen LogP contribution in [-0.2, 0) is 0 Å². The van der Waals surface area contributed by atoms with Gasteiger partial charge in [0.15, 0.2) is 11.0 Å². The van der Waals surface area contributed by atoms with Crippen LogP contribution in [0.3, 0.4) is 0 Å². The van der Waals surface area contributed by atoms with E-state index in [4.69, 9.17) is 0 Å². The molecule has 0 unspecified atom stereocenters. The Bertz CT molecular complexity index is 769. The van der Waals surface area contributed by atoms with Gasteiger partial charge in [0.2, 0.25) is 0 Å². The predicted molar refractivity (Wildman–Crippen MR) is 118 cm³/mol. The van der Waals surface area contributed by atoms with E-state index < -0.39 is 0 Å². The highest BCUT2D eigenvalue weighted by atomic mass is 32.2. The third-order valence-corrected chi connectivity index (χ3v) is 6.10. The maximum Gasteiger partial charge on any atom is 0.192 e. The third kappa shape index (κ3) is 5.86. The van der Waals surface area contributed by atoms with Crippen LogP contribution < -0.4 is 0 Å². The van der Waals surface area contributed by atoms with Gasteiger partial charge in [-0.3, -0.25) is 9.47 Å². The molecule has 1 aliphatic carbocycles. The summed E-state index contributed by atoms with van der Waals surface area (Å²) in [4.78, 5) is 2.29. The fraction of sp³-hybridized carbons (Fsp3) is 0.565. The molecule has 1 fully saturated rings. The minimum absolute atomic E-state index is 0.509. The van der Waals surface area contributed by atoms with Crippen molar-refractivity contribution in [3.63, 3.8) is 0 Å². The molecule has 0 atom stereocenters. The van der Waals surface area contributed by atoms with Crippen LogP contribution in [0, 0.1) is 11.8 Å². The monoisotopic (exact) mass is 396 g/mol. The highest BCUT2D eigenvalue weighted by molar-refractivity contribution is 7.99. The van der Waals surface area contributed by atoms with Gasteiger partial charge in [-0.25, -0.2) is 0 Å². The Labute approximate surface area is 174 Å². The van der Waals surface area contributed by atoms with Crippen molar-refractivity contribution in [3.8, 4) is 23.2 Å². The molecule has 3 rings (SSSR count). The third-order valence-electron chi connectivity index (χ3n) is 5.28. The number of hydrogen-bond donors (Lipinski definition) is 0. The first-order valence-electron chi connectivity index (χ1n) is 10.6. The number of unbranched alkanes of at least 4 members (excludes halogenated alkanes) is 1. The predicted octanol–water partition coefficient (Wildman–Crippen LogP) is 5.28. The zero-order chi connectivity index (χ0) is 19.6. The second-order valence-corrected chi connectivity index (χ2v) is 8.51. The second kappa shape index (κ2) is 11.3. The van der Waals surface area contributed by atoms with E-state index >= 15 is 0 Å². The average molecular weight is 397 g/mol. The van der Waals surface area contributed by atoms with E-state index in [2.05, 4.69) is 69.7 Å². The molecule has 0 bridgehead atoms. The van der Waals surface area contributed by atoms with E-state index in [1.807, 2.05) is 6.07 Å². The van der Waals surface area contributed by atoms with Gasteiger partial charge in [0.25, 0.3) is 0 Å². The second-order valence-electron chi connectivity index (χ2n) is 7.57. The maximum absolute atomic E-state index is 4.56. The number of aromatic nitrogens is 3. The van der Waals surface area contributed by atoms with Gasteiger partial charge < -0.3 is 0 Å². The molecule has 1 aromatic carbocycles. The lowest BCUT2D eigenvalue weighted by Crippen LogP contribution is -2.19. The first-order valence-corrected chi connectivity index (χ1v) is 11.6. The largest absolute Gasteiger partial charge is 0.299 e. The Morgan fingerprint density at radius 3 is 2.64 bits per heavy atom. The molecule has 28 heavy (non-hydrogen) atoms. The Hall–Kier alpha value is -1.77. The zero-order valence-electron chi connectivity index (χ0n) is 17.2. The van der Waals surface area contributed by atoms with Gasteiger partial charge in [-0.2, -0.15) is 0 Å². The highest BCUT2D eigenvalue weighted by Gasteiger charge is 2.23. The van der Waals surface area contributed by atoms with E-state index in [0.717, 1.165) is 35.4 Å². The number of thioether (sulfide) groups is 1. The lowest BCUT2D eigenvalue weighted by Gasteiger charge is -2.25. The number of rotatable bonds is 8. The van der Waals surface area contributed by atoms with E-state index in [-0.39, 0.29) is 0 Å². The molecule has 1 heterocycles. The fourth-order valence-electron chi connectivity index (χ4n) is 3.68. The van der Waals surface area contributed by atoms with Gasteiger partial charge in [0, 0.05) is 11.6 Å². The summed E-state index contributed by atoms with van der Waals surface area (Å²) in [6, 6.07) is 11.0. The SMILES string of the molecule is CCCCN(C)CC#CCSc1nnc(-c2ccccc2)n1C1CCCCC1. The highest BCUT2D eigenvalue weighted by Crippen LogP contribution is 2.35. The number of benzene rings is 1. The Balaban J connectivity index is 1.68. The topological polar surface area (TPSA) is 34.0 Å². The molecular weight excluding hydrogens is 364 g/mol. The normalized spacial score (nSPS) is 14.8. The summed E-state index contributed by atoms with van der Waals surface area (Å²) in [5.41, 5.74) is 1.15. The van der Waals surface area contributed by atoms with Crippen LogP contribution in [0.4, 0.5) is 0 Å². The minimum atomic E-state index is 0.509. The van der Waals surface area contributed by atoms with Crippen molar-refractivity contribution < 1.29 is 0 Å². The van der Waals surface area contributed by atoms with Gasteiger partial charge in [-0.05, 0) is 32.9 Å². The van der Waals surface area contributed by atoms with E-state index in [1.54, 1.807) is 11.8 Å². The first-order chi connectivity index (χ1) is 13.8. The first kappa shape index (κ1) is 21.0. The minimum Gasteiger partial charge on any atom is -0.299 e. The molecule has 4 nitrogen and oxygen atoms in total. The zero-order valence-corrected chi connectivity index (χ0v) is 18.0. The summed E-state index contributed by atoms with van der Waals surface area (Å²) >= 11 is 1.72. The molecule has 0 amide bonds. The summed E-state index contributed by atoms with van der Waals surface area (Å²) < 4.78 is 2.38. The molecular formula is C23H32N4S. The van der Waals surface area contributed by atoms with Gasteiger partial charge in [-0.1, -0.05) is 86.5 Å². The lowest BCUT2D eigenvalue weighted by atomic mass is 9.95. The van der Waals surface area contributed by atoms with Gasteiger partial charge in [0.05, 0.1) is 12.3 Å². The molecule has 0 radical (unpaired) electrons. The molecule has 1 aliphatic rings. The maximum atomic E-state index is 4.56. The molecule has 150 valence electrons. The average Bonchev–Trinajstić information content (AvgIpc) is 3.17. The molecule has 1 aromatic heterocycles. The van der Waals surface area contributed by atoms with Crippen molar-refractivity contribution in [2.45, 2.75) is 63.1 Å². The van der Waals surface area contributed by atoms with Crippen LogP contribution in [0.15, 0.2) is 35.5 Å². The quantitative estimate of drug-likeness (QED) is 0.449. The smallest absolute Gasteiger partial charge is 0.192 e. The van der Waals surface area contributed by atoms with Crippen LogP contribution in [0.25, 0.3) is 11.4 Å². The van der Waals surface area contributed by atoms with Gasteiger partial charge >= 0.3 is 0 Å². The summed E-state index contributed by atoms with van der Waals surface area (Å²) in [6.45, 7) is 4.18. The van der Waals surface area contributed by atoms with Crippen molar-refractivity contribution in [2.75, 3.05) is 25.9 Å². The summed E-state index contributed by atoms with van der Waals surface area (Å²) in [5, 5.41) is 10.1.